The van der Waals surface area contributed by atoms with Gasteiger partial charge < -0.3 is 15.2 Å². The van der Waals surface area contributed by atoms with Crippen molar-refractivity contribution in [2.75, 3.05) is 6.61 Å². The topological polar surface area (TPSA) is 86.1 Å². The Morgan fingerprint density at radius 1 is 1.17 bits per heavy atom. The van der Waals surface area contributed by atoms with Crippen molar-refractivity contribution in [1.82, 2.24) is 9.78 Å². The second-order valence-corrected chi connectivity index (χ2v) is 6.95. The summed E-state index contributed by atoms with van der Waals surface area (Å²) in [6.45, 7) is 6.41. The summed E-state index contributed by atoms with van der Waals surface area (Å²) in [4.78, 5) is 0. The number of para-hydroxylation sites is 1. The van der Waals surface area contributed by atoms with E-state index in [1.54, 1.807) is 4.68 Å². The third-order valence-electron chi connectivity index (χ3n) is 5.04. The summed E-state index contributed by atoms with van der Waals surface area (Å²) in [5.74, 6) is 0.922. The zero-order valence-electron chi connectivity index (χ0n) is 16.6. The van der Waals surface area contributed by atoms with Gasteiger partial charge in [0.15, 0.2) is 0 Å². The molecule has 0 radical (unpaired) electrons. The second-order valence-electron chi connectivity index (χ2n) is 6.95. The van der Waals surface area contributed by atoms with Crippen molar-refractivity contribution in [3.8, 4) is 23.4 Å². The standard InChI is InChI=1S/C23H22N4O2/c1-4-28-19-8-6-5-7-17(19)21-18(13-24)22(25)29-23-20(21)15(3)26-27(23)16-11-9-14(2)10-12-16/h5-12,21H,4,25H2,1-3H3. The van der Waals surface area contributed by atoms with E-state index in [4.69, 9.17) is 20.3 Å². The van der Waals surface area contributed by atoms with Gasteiger partial charge in [-0.15, -0.1) is 0 Å². The minimum absolute atomic E-state index is 0.0876. The first kappa shape index (κ1) is 18.6. The molecule has 0 saturated heterocycles. The molecule has 1 aromatic heterocycles. The van der Waals surface area contributed by atoms with Gasteiger partial charge in [0.25, 0.3) is 0 Å². The Hall–Kier alpha value is -3.72. The van der Waals surface area contributed by atoms with Gasteiger partial charge in [-0.25, -0.2) is 4.68 Å². The van der Waals surface area contributed by atoms with E-state index in [-0.39, 0.29) is 5.88 Å². The van der Waals surface area contributed by atoms with Crippen LogP contribution in [-0.4, -0.2) is 16.4 Å². The van der Waals surface area contributed by atoms with Gasteiger partial charge >= 0.3 is 0 Å². The van der Waals surface area contributed by atoms with E-state index in [9.17, 15) is 5.26 Å². The largest absolute Gasteiger partial charge is 0.494 e. The lowest BCUT2D eigenvalue weighted by Crippen LogP contribution is -2.22. The van der Waals surface area contributed by atoms with Gasteiger partial charge in [0.05, 0.1) is 29.5 Å². The normalized spacial score (nSPS) is 15.4. The number of aromatic nitrogens is 2. The quantitative estimate of drug-likeness (QED) is 0.729. The molecular formula is C23H22N4O2. The van der Waals surface area contributed by atoms with Crippen LogP contribution >= 0.6 is 0 Å². The summed E-state index contributed by atoms with van der Waals surface area (Å²) in [6, 6.07) is 17.9. The fraction of sp³-hybridized carbons (Fsp3) is 0.217. The third kappa shape index (κ3) is 3.11. The Morgan fingerprint density at radius 3 is 2.59 bits per heavy atom. The number of hydrogen-bond donors (Lipinski definition) is 1. The minimum Gasteiger partial charge on any atom is -0.494 e. The summed E-state index contributed by atoms with van der Waals surface area (Å²) in [7, 11) is 0. The van der Waals surface area contributed by atoms with Crippen LogP contribution in [0, 0.1) is 25.2 Å². The van der Waals surface area contributed by atoms with E-state index in [1.165, 1.54) is 0 Å². The zero-order valence-corrected chi connectivity index (χ0v) is 16.6. The van der Waals surface area contributed by atoms with Crippen LogP contribution in [0.2, 0.25) is 0 Å². The molecule has 3 aromatic rings. The van der Waals surface area contributed by atoms with Crippen LogP contribution in [0.3, 0.4) is 0 Å². The van der Waals surface area contributed by atoms with Gasteiger partial charge in [-0.2, -0.15) is 10.4 Å². The number of benzene rings is 2. The number of ether oxygens (including phenoxy) is 2. The summed E-state index contributed by atoms with van der Waals surface area (Å²) >= 11 is 0. The van der Waals surface area contributed by atoms with Crippen LogP contribution in [0.4, 0.5) is 0 Å². The van der Waals surface area contributed by atoms with E-state index in [0.717, 1.165) is 33.8 Å². The lowest BCUT2D eigenvalue weighted by Gasteiger charge is -2.26. The first-order valence-electron chi connectivity index (χ1n) is 9.51. The average molecular weight is 386 g/mol. The number of fused-ring (bicyclic) bond motifs is 1. The van der Waals surface area contributed by atoms with E-state index < -0.39 is 5.92 Å². The number of nitriles is 1. The first-order valence-corrected chi connectivity index (χ1v) is 9.51. The molecular weight excluding hydrogens is 364 g/mol. The molecule has 0 saturated carbocycles. The van der Waals surface area contributed by atoms with E-state index in [1.807, 2.05) is 69.3 Å². The predicted octanol–water partition coefficient (Wildman–Crippen LogP) is 4.11. The van der Waals surface area contributed by atoms with Crippen LogP contribution in [0.15, 0.2) is 60.0 Å². The molecule has 0 spiro atoms. The molecule has 6 heteroatoms. The lowest BCUT2D eigenvalue weighted by molar-refractivity contribution is 0.333. The SMILES string of the molecule is CCOc1ccccc1C1C(C#N)=C(N)Oc2c1c(C)nn2-c1ccc(C)cc1. The van der Waals surface area contributed by atoms with Crippen molar-refractivity contribution in [2.45, 2.75) is 26.7 Å². The highest BCUT2D eigenvalue weighted by molar-refractivity contribution is 5.59. The molecule has 0 bridgehead atoms. The Kier molecular flexibility index (Phi) is 4.73. The van der Waals surface area contributed by atoms with Crippen LogP contribution < -0.4 is 15.2 Å². The molecule has 2 aromatic carbocycles. The Morgan fingerprint density at radius 2 is 1.90 bits per heavy atom. The van der Waals surface area contributed by atoms with Gasteiger partial charge in [0, 0.05) is 5.56 Å². The van der Waals surface area contributed by atoms with Crippen molar-refractivity contribution in [3.05, 3.63) is 82.4 Å². The molecule has 2 N–H and O–H groups in total. The molecule has 1 unspecified atom stereocenters. The summed E-state index contributed by atoms with van der Waals surface area (Å²) < 4.78 is 13.5. The molecule has 4 rings (SSSR count). The van der Waals surface area contributed by atoms with Crippen LogP contribution in [-0.2, 0) is 0 Å². The van der Waals surface area contributed by atoms with Gasteiger partial charge in [-0.3, -0.25) is 0 Å². The van der Waals surface area contributed by atoms with Crippen molar-refractivity contribution < 1.29 is 9.47 Å². The summed E-state index contributed by atoms with van der Waals surface area (Å²) in [5.41, 5.74) is 11.0. The van der Waals surface area contributed by atoms with Gasteiger partial charge in [-0.1, -0.05) is 35.9 Å². The fourth-order valence-electron chi connectivity index (χ4n) is 3.69. The predicted molar refractivity (Wildman–Crippen MR) is 110 cm³/mol. The van der Waals surface area contributed by atoms with Crippen LogP contribution in [0.5, 0.6) is 11.6 Å². The Bertz CT molecular complexity index is 1140. The molecule has 0 fully saturated rings. The number of nitrogens with zero attached hydrogens (tertiary/aromatic N) is 3. The summed E-state index contributed by atoms with van der Waals surface area (Å²) in [5, 5.41) is 14.6. The maximum Gasteiger partial charge on any atom is 0.229 e. The van der Waals surface area contributed by atoms with Gasteiger partial charge in [0.1, 0.15) is 17.4 Å². The molecule has 0 aliphatic carbocycles. The van der Waals surface area contributed by atoms with Crippen LogP contribution in [0.1, 0.15) is 35.2 Å². The van der Waals surface area contributed by atoms with Gasteiger partial charge in [-0.05, 0) is 39.0 Å². The number of rotatable bonds is 4. The van der Waals surface area contributed by atoms with Crippen molar-refractivity contribution >= 4 is 0 Å². The van der Waals surface area contributed by atoms with E-state index in [0.29, 0.717) is 18.1 Å². The molecule has 2 heterocycles. The number of aryl methyl sites for hydroxylation is 2. The fourth-order valence-corrected chi connectivity index (χ4v) is 3.69. The van der Waals surface area contributed by atoms with Gasteiger partial charge in [0.2, 0.25) is 11.8 Å². The van der Waals surface area contributed by atoms with E-state index >= 15 is 0 Å². The smallest absolute Gasteiger partial charge is 0.229 e. The molecule has 29 heavy (non-hydrogen) atoms. The minimum atomic E-state index is -0.411. The molecule has 146 valence electrons. The van der Waals surface area contributed by atoms with Crippen molar-refractivity contribution in [1.29, 1.82) is 5.26 Å². The lowest BCUT2D eigenvalue weighted by atomic mass is 9.83. The molecule has 6 nitrogen and oxygen atoms in total. The summed E-state index contributed by atoms with van der Waals surface area (Å²) in [6.07, 6.45) is 0. The second kappa shape index (κ2) is 7.36. The molecule has 1 aliphatic heterocycles. The van der Waals surface area contributed by atoms with Crippen LogP contribution in [0.25, 0.3) is 5.69 Å². The van der Waals surface area contributed by atoms with Crippen molar-refractivity contribution in [2.24, 2.45) is 5.73 Å². The maximum atomic E-state index is 9.85. The number of nitrogens with two attached hydrogens (primary N) is 1. The molecule has 0 amide bonds. The maximum absolute atomic E-state index is 9.85. The highest BCUT2D eigenvalue weighted by Gasteiger charge is 2.37. The highest BCUT2D eigenvalue weighted by atomic mass is 16.5. The number of allylic oxidation sites excluding steroid dienone is 1. The highest BCUT2D eigenvalue weighted by Crippen LogP contribution is 2.46. The number of hydrogen-bond acceptors (Lipinski definition) is 5. The zero-order chi connectivity index (χ0) is 20.5. The van der Waals surface area contributed by atoms with E-state index in [2.05, 4.69) is 6.07 Å². The molecule has 1 aliphatic rings. The first-order chi connectivity index (χ1) is 14.0. The Labute approximate surface area is 169 Å². The third-order valence-corrected chi connectivity index (χ3v) is 5.04. The monoisotopic (exact) mass is 386 g/mol. The Balaban J connectivity index is 1.95. The van der Waals surface area contributed by atoms with Crippen molar-refractivity contribution in [3.63, 3.8) is 0 Å². The molecule has 1 atom stereocenters. The average Bonchev–Trinajstić information content (AvgIpc) is 3.04.